The van der Waals surface area contributed by atoms with Gasteiger partial charge in [0.15, 0.2) is 4.77 Å². The maximum Gasteiger partial charge on any atom is 0.182 e. The van der Waals surface area contributed by atoms with Crippen molar-refractivity contribution < 1.29 is 9.13 Å². The van der Waals surface area contributed by atoms with Crippen molar-refractivity contribution in [2.24, 2.45) is 0 Å². The van der Waals surface area contributed by atoms with Gasteiger partial charge in [0, 0.05) is 18.0 Å². The van der Waals surface area contributed by atoms with Crippen LogP contribution in [0.3, 0.4) is 0 Å². The fourth-order valence-electron chi connectivity index (χ4n) is 1.59. The molecule has 1 heterocycles. The molecule has 0 aliphatic carbocycles. The number of H-pyrrole nitrogens is 1. The molecule has 2 rings (SSSR count). The fourth-order valence-corrected chi connectivity index (χ4v) is 1.89. The summed E-state index contributed by atoms with van der Waals surface area (Å²) in [5.41, 5.74) is 1.67. The van der Waals surface area contributed by atoms with Crippen LogP contribution in [0.2, 0.25) is 0 Å². The Morgan fingerprint density at radius 2 is 2.19 bits per heavy atom. The third-order valence-corrected chi connectivity index (χ3v) is 2.64. The van der Waals surface area contributed by atoms with Crippen LogP contribution < -0.4 is 4.74 Å². The van der Waals surface area contributed by atoms with Crippen molar-refractivity contribution in [2.75, 3.05) is 7.11 Å². The Hall–Kier alpha value is -1.62. The largest absolute Gasteiger partial charge is 0.494 e. The maximum atomic E-state index is 13.1. The first-order valence-electron chi connectivity index (χ1n) is 4.74. The van der Waals surface area contributed by atoms with Crippen LogP contribution in [-0.4, -0.2) is 16.7 Å². The Morgan fingerprint density at radius 3 is 2.75 bits per heavy atom. The zero-order chi connectivity index (χ0) is 11.7. The first-order valence-corrected chi connectivity index (χ1v) is 5.15. The lowest BCUT2D eigenvalue weighted by molar-refractivity contribution is 0.409. The lowest BCUT2D eigenvalue weighted by Crippen LogP contribution is -2.00. The van der Waals surface area contributed by atoms with E-state index in [0.29, 0.717) is 10.5 Å². The van der Waals surface area contributed by atoms with Gasteiger partial charge in [-0.15, -0.1) is 0 Å². The quantitative estimate of drug-likeness (QED) is 0.815. The second-order valence-corrected chi connectivity index (χ2v) is 3.77. The number of nitrogens with one attached hydrogen (secondary N) is 1. The van der Waals surface area contributed by atoms with Crippen molar-refractivity contribution in [3.63, 3.8) is 0 Å². The number of methoxy groups -OCH3 is 1. The van der Waals surface area contributed by atoms with Gasteiger partial charge in [-0.25, -0.2) is 4.39 Å². The van der Waals surface area contributed by atoms with E-state index in [1.807, 2.05) is 6.92 Å². The summed E-state index contributed by atoms with van der Waals surface area (Å²) in [7, 11) is 1.50. The van der Waals surface area contributed by atoms with Gasteiger partial charge in [0.2, 0.25) is 0 Å². The molecule has 0 aliphatic heterocycles. The number of benzene rings is 1. The van der Waals surface area contributed by atoms with E-state index in [1.165, 1.54) is 19.2 Å². The van der Waals surface area contributed by atoms with Gasteiger partial charge in [0.25, 0.3) is 0 Å². The fraction of sp³-hybridized carbons (Fsp3) is 0.182. The van der Waals surface area contributed by atoms with E-state index in [-0.39, 0.29) is 5.82 Å². The van der Waals surface area contributed by atoms with E-state index in [1.54, 1.807) is 16.8 Å². The van der Waals surface area contributed by atoms with E-state index >= 15 is 0 Å². The van der Waals surface area contributed by atoms with Crippen molar-refractivity contribution in [2.45, 2.75) is 6.92 Å². The Kier molecular flexibility index (Phi) is 2.78. The van der Waals surface area contributed by atoms with Crippen LogP contribution in [0.5, 0.6) is 5.75 Å². The van der Waals surface area contributed by atoms with E-state index in [4.69, 9.17) is 17.0 Å². The Bertz CT molecular complexity index is 574. The molecule has 2 aromatic rings. The van der Waals surface area contributed by atoms with Crippen molar-refractivity contribution in [3.05, 3.63) is 40.7 Å². The molecule has 0 unspecified atom stereocenters. The minimum absolute atomic E-state index is 0.333. The molecule has 3 nitrogen and oxygen atoms in total. The van der Waals surface area contributed by atoms with Crippen LogP contribution in [0, 0.1) is 17.5 Å². The third kappa shape index (κ3) is 1.74. The number of nitrogens with zero attached hydrogens (tertiary/aromatic N) is 1. The van der Waals surface area contributed by atoms with Crippen molar-refractivity contribution in [3.8, 4) is 11.4 Å². The molecule has 0 atom stereocenters. The molecular formula is C11H11FN2OS. The average molecular weight is 238 g/mol. The Balaban J connectivity index is 2.69. The second kappa shape index (κ2) is 4.09. The van der Waals surface area contributed by atoms with Gasteiger partial charge in [-0.05, 0) is 31.3 Å². The predicted octanol–water partition coefficient (Wildman–Crippen LogP) is 2.99. The van der Waals surface area contributed by atoms with Crippen LogP contribution >= 0.6 is 12.2 Å². The molecule has 1 aromatic carbocycles. The normalized spacial score (nSPS) is 10.4. The zero-order valence-electron chi connectivity index (χ0n) is 8.95. The molecule has 0 bridgehead atoms. The zero-order valence-corrected chi connectivity index (χ0v) is 9.77. The highest BCUT2D eigenvalue weighted by atomic mass is 32.1. The first kappa shape index (κ1) is 10.9. The number of aromatic amines is 1. The van der Waals surface area contributed by atoms with Crippen molar-refractivity contribution in [1.29, 1.82) is 0 Å². The lowest BCUT2D eigenvalue weighted by atomic mass is 10.2. The molecule has 84 valence electrons. The summed E-state index contributed by atoms with van der Waals surface area (Å²) in [4.78, 5) is 2.93. The van der Waals surface area contributed by atoms with Crippen LogP contribution in [0.4, 0.5) is 4.39 Å². The number of ether oxygens (including phenoxy) is 1. The highest BCUT2D eigenvalue weighted by Gasteiger charge is 2.09. The first-order chi connectivity index (χ1) is 7.63. The molecule has 5 heteroatoms. The summed E-state index contributed by atoms with van der Waals surface area (Å²) in [6, 6.07) is 4.36. The SMILES string of the molecule is COc1cc(F)ccc1-n1c(C)c[nH]c1=S. The van der Waals surface area contributed by atoms with Crippen molar-refractivity contribution in [1.82, 2.24) is 9.55 Å². The molecule has 0 amide bonds. The van der Waals surface area contributed by atoms with Crippen LogP contribution in [0.25, 0.3) is 5.69 Å². The number of halogens is 1. The smallest absolute Gasteiger partial charge is 0.182 e. The van der Waals surface area contributed by atoms with E-state index in [2.05, 4.69) is 4.98 Å². The van der Waals surface area contributed by atoms with Gasteiger partial charge in [0.1, 0.15) is 11.6 Å². The van der Waals surface area contributed by atoms with Gasteiger partial charge in [0.05, 0.1) is 12.8 Å². The third-order valence-electron chi connectivity index (χ3n) is 2.34. The second-order valence-electron chi connectivity index (χ2n) is 3.39. The lowest BCUT2D eigenvalue weighted by Gasteiger charge is -2.10. The van der Waals surface area contributed by atoms with E-state index in [0.717, 1.165) is 11.4 Å². The summed E-state index contributed by atoms with van der Waals surface area (Å²) >= 11 is 5.15. The summed E-state index contributed by atoms with van der Waals surface area (Å²) in [5.74, 6) is 0.124. The number of hydrogen-bond donors (Lipinski definition) is 1. The van der Waals surface area contributed by atoms with Crippen LogP contribution in [0.1, 0.15) is 5.69 Å². The van der Waals surface area contributed by atoms with E-state index in [9.17, 15) is 4.39 Å². The van der Waals surface area contributed by atoms with Gasteiger partial charge >= 0.3 is 0 Å². The minimum Gasteiger partial charge on any atom is -0.494 e. The molecule has 0 saturated carbocycles. The standard InChI is InChI=1S/C11H11FN2OS/c1-7-6-13-11(16)14(7)9-4-3-8(12)5-10(9)15-2/h3-6H,1-2H3,(H,13,16). The van der Waals surface area contributed by atoms with Crippen LogP contribution in [0.15, 0.2) is 24.4 Å². The summed E-state index contributed by atoms with van der Waals surface area (Å²) < 4.78 is 20.5. The molecule has 1 N–H and O–H groups in total. The summed E-state index contributed by atoms with van der Waals surface area (Å²) in [5, 5.41) is 0. The Labute approximate surface area is 97.5 Å². The number of aromatic nitrogens is 2. The highest BCUT2D eigenvalue weighted by Crippen LogP contribution is 2.25. The topological polar surface area (TPSA) is 29.9 Å². The number of imidazole rings is 1. The predicted molar refractivity (Wildman–Crippen MR) is 62.2 cm³/mol. The molecule has 0 radical (unpaired) electrons. The molecule has 0 fully saturated rings. The molecule has 16 heavy (non-hydrogen) atoms. The number of aryl methyl sites for hydroxylation is 1. The summed E-state index contributed by atoms with van der Waals surface area (Å²) in [6.45, 7) is 1.91. The molecule has 0 spiro atoms. The number of hydrogen-bond acceptors (Lipinski definition) is 2. The molecular weight excluding hydrogens is 227 g/mol. The highest BCUT2D eigenvalue weighted by molar-refractivity contribution is 7.71. The van der Waals surface area contributed by atoms with Crippen molar-refractivity contribution >= 4 is 12.2 Å². The molecule has 0 aliphatic rings. The van der Waals surface area contributed by atoms with Gasteiger partial charge in [-0.1, -0.05) is 0 Å². The van der Waals surface area contributed by atoms with Gasteiger partial charge in [-0.2, -0.15) is 0 Å². The molecule has 1 aromatic heterocycles. The average Bonchev–Trinajstić information content (AvgIpc) is 2.59. The minimum atomic E-state index is -0.333. The monoisotopic (exact) mass is 238 g/mol. The van der Waals surface area contributed by atoms with Crippen LogP contribution in [-0.2, 0) is 0 Å². The van der Waals surface area contributed by atoms with Gasteiger partial charge < -0.3 is 9.72 Å². The van der Waals surface area contributed by atoms with E-state index < -0.39 is 0 Å². The maximum absolute atomic E-state index is 13.1. The summed E-state index contributed by atoms with van der Waals surface area (Å²) in [6.07, 6.45) is 1.80. The molecule has 0 saturated heterocycles. The Morgan fingerprint density at radius 1 is 1.44 bits per heavy atom. The van der Waals surface area contributed by atoms with Gasteiger partial charge in [-0.3, -0.25) is 4.57 Å². The number of rotatable bonds is 2.